The van der Waals surface area contributed by atoms with Crippen molar-refractivity contribution in [3.8, 4) is 135 Å². The Morgan fingerprint density at radius 2 is 0.540 bits per heavy atom. The Morgan fingerprint density at radius 1 is 0.240 bits per heavy atom. The maximum absolute atomic E-state index is 4.84. The predicted octanol–water partition coefficient (Wildman–Crippen LogP) is 29.0. The van der Waals surface area contributed by atoms with Gasteiger partial charge in [0, 0.05) is 160 Å². The van der Waals surface area contributed by atoms with E-state index in [-0.39, 0.29) is 84.3 Å². The molecule has 0 fully saturated rings. The Hall–Kier alpha value is -16.8. The van der Waals surface area contributed by atoms with Gasteiger partial charge in [-0.15, -0.1) is 209 Å². The van der Waals surface area contributed by atoms with Crippen LogP contribution >= 0.6 is 0 Å². The summed E-state index contributed by atoms with van der Waals surface area (Å²) >= 11 is 0. The van der Waals surface area contributed by atoms with Gasteiger partial charge in [-0.1, -0.05) is 191 Å². The Kier molecular flexibility index (Phi) is 29.2. The van der Waals surface area contributed by atoms with Crippen molar-refractivity contribution in [1.29, 1.82) is 0 Å². The number of anilines is 14. The van der Waals surface area contributed by atoms with Gasteiger partial charge in [0.15, 0.2) is 0 Å². The van der Waals surface area contributed by atoms with Gasteiger partial charge in [0.05, 0.1) is 29.1 Å². The molecule has 0 N–H and O–H groups in total. The number of hydrogen-bond donors (Lipinski definition) is 0. The summed E-state index contributed by atoms with van der Waals surface area (Å²) in [7, 11) is 3.92. The van der Waals surface area contributed by atoms with Crippen molar-refractivity contribution in [2.45, 2.75) is 12.8 Å². The zero-order valence-electron chi connectivity index (χ0n) is 80.3. The van der Waals surface area contributed by atoms with Crippen molar-refractivity contribution in [2.24, 2.45) is 15.1 Å². The second kappa shape index (κ2) is 44.1. The van der Waals surface area contributed by atoms with Crippen LogP contribution in [0.3, 0.4) is 0 Å². The molecular formula is C127H83N19Pt4-6. The van der Waals surface area contributed by atoms with Gasteiger partial charge >= 0.3 is 42.1 Å². The smallest absolute Gasteiger partial charge is 0.510 e. The zero-order chi connectivity index (χ0) is 97.3. The summed E-state index contributed by atoms with van der Waals surface area (Å²) in [5, 5.41) is 6.11. The molecule has 28 rings (SSSR count). The summed E-state index contributed by atoms with van der Waals surface area (Å²) in [5.41, 5.74) is 41.2. The van der Waals surface area contributed by atoms with Crippen LogP contribution in [-0.2, 0) is 84.3 Å². The van der Waals surface area contributed by atoms with Crippen molar-refractivity contribution in [1.82, 2.24) is 49.8 Å². The average molecular weight is 2660 g/mol. The quantitative estimate of drug-likeness (QED) is 0.106. The Balaban J connectivity index is 0.000000116. The number of hydrazone groups is 1. The van der Waals surface area contributed by atoms with Crippen molar-refractivity contribution in [3.63, 3.8) is 0 Å². The number of aliphatic imine (C=N–C) groups is 2. The number of allylic oxidation sites excluding steroid dienone is 2. The SMILES string of the molecule is CN1C=CN(c2[c-]c3c(cc2)-c2ncccc2-c2ccccc2N3c2[c-]c(-c3ccccn3)ccc2)[CH-]1.CN1[CH-]N(c2[c-]c3c(cc2)-c2ncccc2-c2ccccc2N3c2[c-]c(-c3ccccn3)ccc2)C=N1.[Pt+2].[Pt+2].[Pt].[Pt].[c-]1c(-c2ccccn2)cccc1N1c2[c-]c(C3=NC=CC3)ccc2-c2ncccc2-c2ccccc21.[c-]1c(-c2ccccn2)cccc1N1c2[c-]c(C3=NC=CC3)ccc2-c2ncccc2-c2ccccc21. The number of para-hydroxylation sites is 4. The van der Waals surface area contributed by atoms with Gasteiger partial charge in [-0.25, -0.2) is 5.10 Å². The van der Waals surface area contributed by atoms with Gasteiger partial charge in [0.2, 0.25) is 0 Å². The molecule has 20 aromatic rings. The van der Waals surface area contributed by atoms with Crippen LogP contribution in [0.2, 0.25) is 0 Å². The second-order valence-corrected chi connectivity index (χ2v) is 35.3. The molecule has 0 unspecified atom stereocenters. The van der Waals surface area contributed by atoms with Crippen LogP contribution in [0, 0.1) is 61.9 Å². The summed E-state index contributed by atoms with van der Waals surface area (Å²) in [6.45, 7) is 3.96. The van der Waals surface area contributed by atoms with E-state index in [1.54, 1.807) is 17.5 Å². The van der Waals surface area contributed by atoms with E-state index in [0.717, 1.165) is 250 Å². The molecule has 12 aromatic carbocycles. The molecule has 0 bridgehead atoms. The first-order chi connectivity index (χ1) is 72.2. The Morgan fingerprint density at radius 3 is 0.833 bits per heavy atom. The van der Waals surface area contributed by atoms with E-state index in [0.29, 0.717) is 0 Å². The van der Waals surface area contributed by atoms with E-state index in [1.165, 1.54) is 0 Å². The molecule has 0 radical (unpaired) electrons. The first kappa shape index (κ1) is 99.2. The predicted molar refractivity (Wildman–Crippen MR) is 584 cm³/mol. The number of pyridine rings is 8. The maximum Gasteiger partial charge on any atom is 2.00 e. The van der Waals surface area contributed by atoms with Gasteiger partial charge < -0.3 is 69.2 Å². The minimum atomic E-state index is 0. The van der Waals surface area contributed by atoms with E-state index >= 15 is 0 Å². The molecule has 0 atom stereocenters. The summed E-state index contributed by atoms with van der Waals surface area (Å²) in [6.07, 6.45) is 30.0. The fourth-order valence-corrected chi connectivity index (χ4v) is 19.6. The molecule has 8 aliphatic rings. The van der Waals surface area contributed by atoms with E-state index in [4.69, 9.17) is 19.9 Å². The fourth-order valence-electron chi connectivity index (χ4n) is 19.6. The van der Waals surface area contributed by atoms with E-state index in [1.807, 2.05) is 233 Å². The van der Waals surface area contributed by atoms with Crippen LogP contribution in [0.4, 0.5) is 79.6 Å². The normalized spacial score (nSPS) is 13.2. The second-order valence-electron chi connectivity index (χ2n) is 35.3. The molecule has 0 spiro atoms. The van der Waals surface area contributed by atoms with Gasteiger partial charge in [-0.2, -0.15) is 18.8 Å². The molecule has 150 heavy (non-hydrogen) atoms. The molecule has 23 heteroatoms. The van der Waals surface area contributed by atoms with E-state index in [2.05, 4.69) is 333 Å². The molecule has 0 aliphatic carbocycles. The molecule has 19 nitrogen and oxygen atoms in total. The molecule has 0 saturated heterocycles. The Bertz CT molecular complexity index is 8150. The van der Waals surface area contributed by atoms with Gasteiger partial charge in [0.25, 0.3) is 0 Å². The van der Waals surface area contributed by atoms with Crippen LogP contribution < -0.4 is 29.4 Å². The van der Waals surface area contributed by atoms with Crippen molar-refractivity contribution >= 4 is 97.4 Å². The third-order valence-electron chi connectivity index (χ3n) is 26.3. The molecule has 0 amide bonds. The molecule has 16 heterocycles. The first-order valence-corrected chi connectivity index (χ1v) is 48.0. The molecule has 8 aliphatic heterocycles. The van der Waals surface area contributed by atoms with Crippen molar-refractivity contribution in [2.75, 3.05) is 43.5 Å². The van der Waals surface area contributed by atoms with E-state index < -0.39 is 0 Å². The summed E-state index contributed by atoms with van der Waals surface area (Å²) in [5.74, 6) is 0. The van der Waals surface area contributed by atoms with Crippen LogP contribution in [0.25, 0.3) is 135 Å². The van der Waals surface area contributed by atoms with E-state index in [9.17, 15) is 0 Å². The average Bonchev–Trinajstić information content (AvgIpc) is 1.61. The van der Waals surface area contributed by atoms with Gasteiger partial charge in [0.1, 0.15) is 0 Å². The number of aromatic nitrogens is 8. The third kappa shape index (κ3) is 19.3. The molecule has 0 saturated carbocycles. The van der Waals surface area contributed by atoms with Crippen LogP contribution in [0.15, 0.2) is 441 Å². The molecule has 732 valence electrons. The topological polar surface area (TPSA) is 166 Å². The maximum atomic E-state index is 4.84. The summed E-state index contributed by atoms with van der Waals surface area (Å²) in [4.78, 5) is 61.7. The largest absolute Gasteiger partial charge is 2.00 e. The number of fused-ring (bicyclic) bond motifs is 20. The fraction of sp³-hybridized carbons (Fsp3) is 0.0315. The number of rotatable bonds is 12. The minimum absolute atomic E-state index is 0. The van der Waals surface area contributed by atoms with Crippen molar-refractivity contribution in [3.05, 3.63) is 499 Å². The van der Waals surface area contributed by atoms with Crippen molar-refractivity contribution < 1.29 is 84.3 Å². The number of benzene rings is 12. The van der Waals surface area contributed by atoms with Crippen LogP contribution in [-0.4, -0.2) is 81.6 Å². The number of nitrogens with zero attached hydrogens (tertiary/aromatic N) is 19. The minimum Gasteiger partial charge on any atom is -0.510 e. The Labute approximate surface area is 928 Å². The zero-order valence-corrected chi connectivity index (χ0v) is 89.4. The van der Waals surface area contributed by atoms with Gasteiger partial charge in [-0.05, 0) is 192 Å². The standard InChI is InChI=1S/C32H22N5.2C32H20N4.C31H21N6.4Pt/c1-35-18-19-36(22-35)24-14-15-28-31(21-24)37(25-9-6-8-23(20-25)29-12-4-5-16-33-29)30-13-3-2-10-26(30)27-11-7-17-34-32(27)28;2*1-2-14-30-25(10-1)26-11-6-19-35-32(26)27-16-15-23(29-13-7-18-34-29)21-31(27)36(30)24-9-5-8-22(20-24)28-12-3-4-17-33-28;1-35-21-36(20-34-35)23-14-15-27-30(19-23)37(24-9-6-8-22(18-24)28-12-4-5-16-32-28)29-13-3-2-10-25(29)26-11-7-17-33-31(26)27;;;;/h2-19,22H,1H3;2*1-12,14-19H,13H2;2-17,20-21H,1H3;;;;/q-3;2*-2;-3;;;2*+2. The summed E-state index contributed by atoms with van der Waals surface area (Å²) < 4.78 is 0. The molecule has 8 aromatic heterocycles. The van der Waals surface area contributed by atoms with Crippen LogP contribution in [0.5, 0.6) is 0 Å². The monoisotopic (exact) mass is 2650 g/mol. The first-order valence-electron chi connectivity index (χ1n) is 48.0. The summed E-state index contributed by atoms with van der Waals surface area (Å²) in [6, 6.07) is 145. The van der Waals surface area contributed by atoms with Gasteiger partial charge in [-0.3, -0.25) is 19.9 Å². The van der Waals surface area contributed by atoms with Crippen LogP contribution in [0.1, 0.15) is 24.0 Å². The molecular weight excluding hydrogens is 2570 g/mol. The third-order valence-corrected chi connectivity index (χ3v) is 26.3. The number of hydrogen-bond acceptors (Lipinski definition) is 19.